The summed E-state index contributed by atoms with van der Waals surface area (Å²) in [6.07, 6.45) is 0. The van der Waals surface area contributed by atoms with E-state index < -0.39 is 10.7 Å². The first kappa shape index (κ1) is 15.9. The molecular formula is C13H18BrFN2O2. The van der Waals surface area contributed by atoms with Crippen LogP contribution in [-0.4, -0.2) is 11.5 Å². The predicted molar refractivity (Wildman–Crippen MR) is 77.9 cm³/mol. The molecule has 0 aliphatic heterocycles. The molecule has 0 fully saturated rings. The van der Waals surface area contributed by atoms with E-state index in [2.05, 4.69) is 48.9 Å². The number of nitro groups is 1. The Hall–Kier alpha value is -1.17. The highest BCUT2D eigenvalue weighted by Crippen LogP contribution is 2.32. The molecule has 0 aromatic heterocycles. The van der Waals surface area contributed by atoms with E-state index >= 15 is 0 Å². The summed E-state index contributed by atoms with van der Waals surface area (Å²) in [5.41, 5.74) is 0.176. The average molecular weight is 333 g/mol. The van der Waals surface area contributed by atoms with Crippen LogP contribution in [0.5, 0.6) is 0 Å². The number of hydrogen-bond donors (Lipinski definition) is 1. The van der Waals surface area contributed by atoms with Gasteiger partial charge in [-0.15, -0.1) is 0 Å². The topological polar surface area (TPSA) is 55.2 Å². The molecule has 1 unspecified atom stereocenters. The summed E-state index contributed by atoms with van der Waals surface area (Å²) in [5.74, 6) is -0.322. The standard InChI is InChI=1S/C13H18BrFN2O2/c1-8(13(2,3)4)7-16-11-5-9(14)10(15)6-12(11)17(18)19/h5-6,8,16H,7H2,1-4H3. The monoisotopic (exact) mass is 332 g/mol. The van der Waals surface area contributed by atoms with Gasteiger partial charge in [-0.1, -0.05) is 27.7 Å². The number of anilines is 1. The number of nitrogens with zero attached hydrogens (tertiary/aromatic N) is 1. The first-order valence-corrected chi connectivity index (χ1v) is 6.79. The summed E-state index contributed by atoms with van der Waals surface area (Å²) in [6.45, 7) is 8.97. The highest BCUT2D eigenvalue weighted by atomic mass is 79.9. The van der Waals surface area contributed by atoms with Crippen LogP contribution in [0.2, 0.25) is 0 Å². The van der Waals surface area contributed by atoms with Gasteiger partial charge in [-0.05, 0) is 33.3 Å². The molecule has 0 amide bonds. The van der Waals surface area contributed by atoms with Crippen LogP contribution < -0.4 is 5.32 Å². The molecule has 1 atom stereocenters. The Labute approximate surface area is 120 Å². The molecule has 19 heavy (non-hydrogen) atoms. The second-order valence-corrected chi connectivity index (χ2v) is 6.54. The van der Waals surface area contributed by atoms with Crippen LogP contribution in [-0.2, 0) is 0 Å². The van der Waals surface area contributed by atoms with Crippen molar-refractivity contribution < 1.29 is 9.31 Å². The van der Waals surface area contributed by atoms with Gasteiger partial charge < -0.3 is 5.32 Å². The normalized spacial score (nSPS) is 13.2. The first-order valence-electron chi connectivity index (χ1n) is 6.00. The lowest BCUT2D eigenvalue weighted by atomic mass is 9.82. The SMILES string of the molecule is CC(CNc1cc(Br)c(F)cc1[N+](=O)[O-])C(C)(C)C. The van der Waals surface area contributed by atoms with Crippen molar-refractivity contribution in [3.8, 4) is 0 Å². The van der Waals surface area contributed by atoms with E-state index in [4.69, 9.17) is 0 Å². The lowest BCUT2D eigenvalue weighted by molar-refractivity contribution is -0.384. The van der Waals surface area contributed by atoms with Gasteiger partial charge in [0, 0.05) is 6.54 Å². The molecule has 0 radical (unpaired) electrons. The summed E-state index contributed by atoms with van der Waals surface area (Å²) in [7, 11) is 0. The van der Waals surface area contributed by atoms with E-state index in [1.165, 1.54) is 6.07 Å². The summed E-state index contributed by atoms with van der Waals surface area (Å²) in [5, 5.41) is 13.9. The third kappa shape index (κ3) is 4.16. The maximum absolute atomic E-state index is 13.3. The third-order valence-electron chi connectivity index (χ3n) is 3.31. The van der Waals surface area contributed by atoms with Crippen molar-refractivity contribution in [2.24, 2.45) is 11.3 Å². The number of halogens is 2. The largest absolute Gasteiger partial charge is 0.379 e. The van der Waals surface area contributed by atoms with Crippen LogP contribution in [0.1, 0.15) is 27.7 Å². The Bertz CT molecular complexity index is 486. The van der Waals surface area contributed by atoms with E-state index in [0.29, 0.717) is 18.2 Å². The van der Waals surface area contributed by atoms with E-state index in [9.17, 15) is 14.5 Å². The molecule has 6 heteroatoms. The molecule has 0 bridgehead atoms. The molecule has 1 aromatic carbocycles. The van der Waals surface area contributed by atoms with Gasteiger partial charge in [0.2, 0.25) is 0 Å². The fourth-order valence-corrected chi connectivity index (χ4v) is 1.74. The van der Waals surface area contributed by atoms with Gasteiger partial charge >= 0.3 is 0 Å². The van der Waals surface area contributed by atoms with Crippen molar-refractivity contribution in [3.05, 3.63) is 32.5 Å². The molecule has 0 saturated heterocycles. The molecule has 0 aliphatic carbocycles. The van der Waals surface area contributed by atoms with Crippen LogP contribution in [0.3, 0.4) is 0 Å². The Morgan fingerprint density at radius 1 is 1.47 bits per heavy atom. The fourth-order valence-electron chi connectivity index (χ4n) is 1.40. The molecule has 0 heterocycles. The molecule has 1 N–H and O–H groups in total. The van der Waals surface area contributed by atoms with Gasteiger partial charge in [0.1, 0.15) is 11.5 Å². The van der Waals surface area contributed by atoms with Crippen molar-refractivity contribution in [3.63, 3.8) is 0 Å². The maximum Gasteiger partial charge on any atom is 0.295 e. The molecule has 4 nitrogen and oxygen atoms in total. The van der Waals surface area contributed by atoms with Crippen LogP contribution in [0.4, 0.5) is 15.8 Å². The van der Waals surface area contributed by atoms with Gasteiger partial charge in [-0.25, -0.2) is 4.39 Å². The molecular weight excluding hydrogens is 315 g/mol. The van der Waals surface area contributed by atoms with Gasteiger partial charge in [0.15, 0.2) is 0 Å². The minimum absolute atomic E-state index is 0.0963. The van der Waals surface area contributed by atoms with Crippen molar-refractivity contribution in [2.45, 2.75) is 27.7 Å². The third-order valence-corrected chi connectivity index (χ3v) is 3.92. The quantitative estimate of drug-likeness (QED) is 0.648. The second kappa shape index (κ2) is 5.86. The number of nitro benzene ring substituents is 1. The van der Waals surface area contributed by atoms with E-state index in [1.807, 2.05) is 0 Å². The summed E-state index contributed by atoms with van der Waals surface area (Å²) < 4.78 is 13.5. The molecule has 0 saturated carbocycles. The number of benzene rings is 1. The minimum atomic E-state index is -0.638. The van der Waals surface area contributed by atoms with Crippen LogP contribution in [0.15, 0.2) is 16.6 Å². The highest BCUT2D eigenvalue weighted by Gasteiger charge is 2.22. The van der Waals surface area contributed by atoms with Crippen LogP contribution >= 0.6 is 15.9 Å². The Kier molecular flexibility index (Phi) is 4.90. The van der Waals surface area contributed by atoms with Crippen molar-refractivity contribution in [1.29, 1.82) is 0 Å². The van der Waals surface area contributed by atoms with Crippen molar-refractivity contribution >= 4 is 27.3 Å². The van der Waals surface area contributed by atoms with E-state index in [0.717, 1.165) is 6.07 Å². The summed E-state index contributed by atoms with van der Waals surface area (Å²) >= 11 is 3.04. The Balaban J connectivity index is 2.95. The first-order chi connectivity index (χ1) is 8.62. The van der Waals surface area contributed by atoms with Gasteiger partial charge in [-0.3, -0.25) is 10.1 Å². The summed E-state index contributed by atoms with van der Waals surface area (Å²) in [6, 6.07) is 2.33. The fraction of sp³-hybridized carbons (Fsp3) is 0.538. The van der Waals surface area contributed by atoms with Gasteiger partial charge in [0.25, 0.3) is 5.69 Å². The molecule has 1 rings (SSSR count). The van der Waals surface area contributed by atoms with Crippen molar-refractivity contribution in [2.75, 3.05) is 11.9 Å². The van der Waals surface area contributed by atoms with E-state index in [-0.39, 0.29) is 15.6 Å². The Morgan fingerprint density at radius 2 is 2.05 bits per heavy atom. The van der Waals surface area contributed by atoms with E-state index in [1.54, 1.807) is 0 Å². The molecule has 106 valence electrons. The zero-order valence-electron chi connectivity index (χ0n) is 11.5. The van der Waals surface area contributed by atoms with Crippen LogP contribution in [0.25, 0.3) is 0 Å². The highest BCUT2D eigenvalue weighted by molar-refractivity contribution is 9.10. The van der Waals surface area contributed by atoms with Crippen molar-refractivity contribution in [1.82, 2.24) is 0 Å². The predicted octanol–water partition coefficient (Wildman–Crippen LogP) is 4.59. The summed E-state index contributed by atoms with van der Waals surface area (Å²) in [4.78, 5) is 10.3. The molecule has 1 aromatic rings. The maximum atomic E-state index is 13.3. The second-order valence-electron chi connectivity index (χ2n) is 5.69. The number of hydrogen-bond acceptors (Lipinski definition) is 3. The Morgan fingerprint density at radius 3 is 2.53 bits per heavy atom. The number of rotatable bonds is 4. The smallest absolute Gasteiger partial charge is 0.295 e. The lowest BCUT2D eigenvalue weighted by Gasteiger charge is -2.27. The zero-order chi connectivity index (χ0) is 14.8. The average Bonchev–Trinajstić information content (AvgIpc) is 2.28. The minimum Gasteiger partial charge on any atom is -0.379 e. The number of nitrogens with one attached hydrogen (secondary N) is 1. The van der Waals surface area contributed by atoms with Gasteiger partial charge in [-0.2, -0.15) is 0 Å². The van der Waals surface area contributed by atoms with Crippen LogP contribution in [0, 0.1) is 27.3 Å². The molecule has 0 aliphatic rings. The molecule has 0 spiro atoms. The lowest BCUT2D eigenvalue weighted by Crippen LogP contribution is -2.25. The zero-order valence-corrected chi connectivity index (χ0v) is 13.0. The van der Waals surface area contributed by atoms with Gasteiger partial charge in [0.05, 0.1) is 15.5 Å².